The van der Waals surface area contributed by atoms with Crippen LogP contribution in [-0.2, 0) is 0 Å². The molecule has 0 spiro atoms. The number of carbonyl (C=O) groups excluding carboxylic acids is 1. The van der Waals surface area contributed by atoms with E-state index in [1.807, 2.05) is 0 Å². The number of aromatic nitrogens is 4. The Morgan fingerprint density at radius 2 is 2.29 bits per heavy atom. The number of aromatic amines is 1. The highest BCUT2D eigenvalue weighted by Gasteiger charge is 2.21. The van der Waals surface area contributed by atoms with Gasteiger partial charge in [-0.25, -0.2) is 9.78 Å². The molecule has 0 fully saturated rings. The maximum Gasteiger partial charge on any atom is 0.354 e. The van der Waals surface area contributed by atoms with Crippen molar-refractivity contribution >= 4 is 17.9 Å². The number of hydrogen-bond acceptors (Lipinski definition) is 6. The van der Waals surface area contributed by atoms with Crippen molar-refractivity contribution < 1.29 is 19.2 Å². The van der Waals surface area contributed by atoms with E-state index in [1.165, 1.54) is 0 Å². The molecule has 1 amide bonds. The maximum atomic E-state index is 11.6. The fourth-order valence-electron chi connectivity index (χ4n) is 1.13. The second-order valence-corrected chi connectivity index (χ2v) is 3.03. The van der Waals surface area contributed by atoms with E-state index in [4.69, 9.17) is 5.11 Å². The average molecular weight is 237 g/mol. The summed E-state index contributed by atoms with van der Waals surface area (Å²) in [7, 11) is 0. The normalized spacial score (nSPS) is 10.2. The Bertz CT molecular complexity index is 572. The van der Waals surface area contributed by atoms with Crippen LogP contribution in [0, 0.1) is 6.92 Å². The number of anilines is 1. The molecule has 2 aromatic heterocycles. The summed E-state index contributed by atoms with van der Waals surface area (Å²) >= 11 is 0. The second-order valence-electron chi connectivity index (χ2n) is 3.03. The number of carboxylic acids is 1. The van der Waals surface area contributed by atoms with Gasteiger partial charge in [0.15, 0.2) is 17.2 Å². The van der Waals surface area contributed by atoms with Crippen molar-refractivity contribution in [1.82, 2.24) is 20.1 Å². The van der Waals surface area contributed by atoms with Crippen molar-refractivity contribution in [3.63, 3.8) is 0 Å². The lowest BCUT2D eigenvalue weighted by atomic mass is 10.3. The maximum absolute atomic E-state index is 11.6. The summed E-state index contributed by atoms with van der Waals surface area (Å²) in [6.45, 7) is 1.58. The standard InChI is InChI=1S/C8H7N5O4/c1-3-11-8(17-13-3)12-6(14)4-5(7(15)16)10-2-9-4/h2H,1H3,(H,9,10)(H,15,16)(H,11,12,13,14). The number of rotatable bonds is 3. The van der Waals surface area contributed by atoms with E-state index in [9.17, 15) is 9.59 Å². The first kappa shape index (κ1) is 10.8. The van der Waals surface area contributed by atoms with Gasteiger partial charge in [0, 0.05) is 0 Å². The number of nitrogens with one attached hydrogen (secondary N) is 2. The Balaban J connectivity index is 2.20. The predicted molar refractivity (Wildman–Crippen MR) is 52.5 cm³/mol. The molecule has 0 saturated carbocycles. The number of imidazole rings is 1. The van der Waals surface area contributed by atoms with Crippen LogP contribution in [0.25, 0.3) is 0 Å². The quantitative estimate of drug-likeness (QED) is 0.686. The summed E-state index contributed by atoms with van der Waals surface area (Å²) in [5, 5.41) is 14.5. The molecule has 9 heteroatoms. The molecule has 0 aliphatic rings. The van der Waals surface area contributed by atoms with Gasteiger partial charge in [-0.05, 0) is 6.92 Å². The highest BCUT2D eigenvalue weighted by molar-refractivity contribution is 6.07. The topological polar surface area (TPSA) is 134 Å². The van der Waals surface area contributed by atoms with Gasteiger partial charge < -0.3 is 14.6 Å². The van der Waals surface area contributed by atoms with Gasteiger partial charge in [-0.3, -0.25) is 10.1 Å². The van der Waals surface area contributed by atoms with E-state index >= 15 is 0 Å². The molecule has 2 heterocycles. The summed E-state index contributed by atoms with van der Waals surface area (Å²) in [6, 6.07) is -0.119. The van der Waals surface area contributed by atoms with Gasteiger partial charge in [0.05, 0.1) is 6.33 Å². The molecule has 0 aliphatic carbocycles. The number of aryl methyl sites for hydroxylation is 1. The molecule has 88 valence electrons. The number of hydrogen-bond donors (Lipinski definition) is 3. The number of carboxylic acid groups (broad SMARTS) is 1. The van der Waals surface area contributed by atoms with Crippen LogP contribution < -0.4 is 5.32 Å². The number of carbonyl (C=O) groups is 2. The molecule has 9 nitrogen and oxygen atoms in total. The lowest BCUT2D eigenvalue weighted by Crippen LogP contribution is -2.16. The molecule has 0 atom stereocenters. The van der Waals surface area contributed by atoms with Gasteiger partial charge >= 0.3 is 12.0 Å². The van der Waals surface area contributed by atoms with Gasteiger partial charge in [-0.15, -0.1) is 0 Å². The average Bonchev–Trinajstić information content (AvgIpc) is 2.86. The summed E-state index contributed by atoms with van der Waals surface area (Å²) < 4.78 is 4.65. The first-order valence-corrected chi connectivity index (χ1v) is 4.46. The van der Waals surface area contributed by atoms with Gasteiger partial charge in [-0.1, -0.05) is 5.16 Å². The zero-order valence-corrected chi connectivity index (χ0v) is 8.59. The molecule has 0 bridgehead atoms. The molecular weight excluding hydrogens is 230 g/mol. The monoisotopic (exact) mass is 237 g/mol. The minimum atomic E-state index is -1.28. The molecule has 0 radical (unpaired) electrons. The predicted octanol–water partition coefficient (Wildman–Crippen LogP) is 0.0516. The number of amides is 1. The lowest BCUT2D eigenvalue weighted by molar-refractivity contribution is 0.0686. The second kappa shape index (κ2) is 4.04. The highest BCUT2D eigenvalue weighted by atomic mass is 16.5. The van der Waals surface area contributed by atoms with Crippen LogP contribution in [0.4, 0.5) is 6.01 Å². The van der Waals surface area contributed by atoms with Crippen LogP contribution in [0.15, 0.2) is 10.9 Å². The van der Waals surface area contributed by atoms with E-state index in [2.05, 4.69) is 29.9 Å². The van der Waals surface area contributed by atoms with Crippen LogP contribution >= 0.6 is 0 Å². The zero-order valence-electron chi connectivity index (χ0n) is 8.59. The number of aromatic carboxylic acids is 1. The Labute approximate surface area is 93.9 Å². The Morgan fingerprint density at radius 3 is 2.88 bits per heavy atom. The molecule has 2 aromatic rings. The van der Waals surface area contributed by atoms with E-state index in [-0.39, 0.29) is 17.4 Å². The summed E-state index contributed by atoms with van der Waals surface area (Å²) in [5.41, 5.74) is -0.563. The van der Waals surface area contributed by atoms with Crippen LogP contribution in [0.3, 0.4) is 0 Å². The van der Waals surface area contributed by atoms with Crippen molar-refractivity contribution in [3.8, 4) is 0 Å². The minimum Gasteiger partial charge on any atom is -0.477 e. The molecule has 0 aliphatic heterocycles. The van der Waals surface area contributed by atoms with Crippen molar-refractivity contribution in [2.75, 3.05) is 5.32 Å². The Morgan fingerprint density at radius 1 is 1.53 bits per heavy atom. The van der Waals surface area contributed by atoms with Crippen LogP contribution in [0.1, 0.15) is 26.8 Å². The first-order chi connectivity index (χ1) is 8.08. The molecule has 17 heavy (non-hydrogen) atoms. The van der Waals surface area contributed by atoms with Crippen molar-refractivity contribution in [2.24, 2.45) is 0 Å². The molecule has 0 aromatic carbocycles. The van der Waals surface area contributed by atoms with Crippen molar-refractivity contribution in [1.29, 1.82) is 0 Å². The smallest absolute Gasteiger partial charge is 0.354 e. The molecule has 3 N–H and O–H groups in total. The van der Waals surface area contributed by atoms with Gasteiger partial charge in [0.2, 0.25) is 0 Å². The SMILES string of the molecule is Cc1noc(NC(=O)c2nc[nH]c2C(=O)O)n1. The summed E-state index contributed by atoms with van der Waals surface area (Å²) in [6.07, 6.45) is 1.11. The summed E-state index contributed by atoms with van der Waals surface area (Å²) in [4.78, 5) is 32.0. The highest BCUT2D eigenvalue weighted by Crippen LogP contribution is 2.08. The van der Waals surface area contributed by atoms with Crippen LogP contribution in [-0.4, -0.2) is 37.1 Å². The van der Waals surface area contributed by atoms with Gasteiger partial charge in [-0.2, -0.15) is 4.98 Å². The van der Waals surface area contributed by atoms with Crippen LogP contribution in [0.2, 0.25) is 0 Å². The molecule has 2 rings (SSSR count). The third-order valence-electron chi connectivity index (χ3n) is 1.82. The molecule has 0 unspecified atom stereocenters. The van der Waals surface area contributed by atoms with Gasteiger partial charge in [0.25, 0.3) is 5.91 Å². The minimum absolute atomic E-state index is 0.119. The molecular formula is C8H7N5O4. The fourth-order valence-corrected chi connectivity index (χ4v) is 1.13. The fraction of sp³-hybridized carbons (Fsp3) is 0.125. The Hall–Kier alpha value is -2.71. The first-order valence-electron chi connectivity index (χ1n) is 4.46. The van der Waals surface area contributed by atoms with Gasteiger partial charge in [0.1, 0.15) is 0 Å². The van der Waals surface area contributed by atoms with E-state index < -0.39 is 11.9 Å². The third-order valence-corrected chi connectivity index (χ3v) is 1.82. The van der Waals surface area contributed by atoms with Crippen molar-refractivity contribution in [2.45, 2.75) is 6.92 Å². The number of nitrogens with zero attached hydrogens (tertiary/aromatic N) is 3. The summed E-state index contributed by atoms with van der Waals surface area (Å²) in [5.74, 6) is -1.68. The molecule has 0 saturated heterocycles. The van der Waals surface area contributed by atoms with E-state index in [1.54, 1.807) is 6.92 Å². The Kier molecular flexibility index (Phi) is 2.57. The number of H-pyrrole nitrogens is 1. The van der Waals surface area contributed by atoms with Crippen LogP contribution in [0.5, 0.6) is 0 Å². The third kappa shape index (κ3) is 2.12. The van der Waals surface area contributed by atoms with Crippen molar-refractivity contribution in [3.05, 3.63) is 23.5 Å². The van der Waals surface area contributed by atoms with E-state index in [0.717, 1.165) is 6.33 Å². The van der Waals surface area contributed by atoms with E-state index in [0.29, 0.717) is 5.82 Å². The largest absolute Gasteiger partial charge is 0.477 e. The lowest BCUT2D eigenvalue weighted by Gasteiger charge is -1.97. The zero-order chi connectivity index (χ0) is 12.4.